The van der Waals surface area contributed by atoms with Crippen LogP contribution in [0.15, 0.2) is 36.5 Å². The van der Waals surface area contributed by atoms with Crippen LogP contribution in [0.2, 0.25) is 5.15 Å². The van der Waals surface area contributed by atoms with Gasteiger partial charge in [-0.3, -0.25) is 4.79 Å². The summed E-state index contributed by atoms with van der Waals surface area (Å²) in [5.41, 5.74) is 8.94. The van der Waals surface area contributed by atoms with Gasteiger partial charge in [0.05, 0.1) is 16.6 Å². The molecule has 124 valence electrons. The van der Waals surface area contributed by atoms with E-state index in [9.17, 15) is 4.79 Å². The Bertz CT molecular complexity index is 873. The van der Waals surface area contributed by atoms with Crippen molar-refractivity contribution >= 4 is 34.2 Å². The molecular weight excluding hydrogens is 326 g/mol. The summed E-state index contributed by atoms with van der Waals surface area (Å²) in [4.78, 5) is 20.5. The van der Waals surface area contributed by atoms with Crippen LogP contribution in [0, 0.1) is 0 Å². The molecule has 0 aliphatic rings. The van der Waals surface area contributed by atoms with Gasteiger partial charge in [-0.05, 0) is 36.8 Å². The first kappa shape index (κ1) is 16.3. The molecule has 0 radical (unpaired) electrons. The number of halogens is 1. The summed E-state index contributed by atoms with van der Waals surface area (Å²) in [5, 5.41) is 3.24. The predicted molar refractivity (Wildman–Crippen MR) is 95.0 cm³/mol. The van der Waals surface area contributed by atoms with Gasteiger partial charge in [0.2, 0.25) is 0 Å². The molecule has 0 saturated heterocycles. The Labute approximate surface area is 144 Å². The summed E-state index contributed by atoms with van der Waals surface area (Å²) >= 11 is 5.71. The van der Waals surface area contributed by atoms with E-state index < -0.39 is 0 Å². The number of hydrogen-bond acceptors (Lipinski definition) is 4. The van der Waals surface area contributed by atoms with E-state index in [0.29, 0.717) is 22.9 Å². The molecule has 0 bridgehead atoms. The van der Waals surface area contributed by atoms with E-state index in [4.69, 9.17) is 17.3 Å². The van der Waals surface area contributed by atoms with Crippen molar-refractivity contribution < 1.29 is 4.79 Å². The number of fused-ring (bicyclic) bond motifs is 1. The van der Waals surface area contributed by atoms with Crippen molar-refractivity contribution in [1.82, 2.24) is 19.9 Å². The Morgan fingerprint density at radius 3 is 2.92 bits per heavy atom. The Hall–Kier alpha value is -2.60. The van der Waals surface area contributed by atoms with Gasteiger partial charge in [-0.25, -0.2) is 9.97 Å². The Kier molecular flexibility index (Phi) is 4.66. The standard InChI is InChI=1S/C17H18ClN5O/c1-23-14-6-5-12(19)9-13(14)22-16(23)3-2-8-20-17(24)11-4-7-15(18)21-10-11/h4-7,9-10H,2-3,8,19H2,1H3,(H,20,24). The number of aromatic nitrogens is 3. The van der Waals surface area contributed by atoms with Crippen LogP contribution in [-0.4, -0.2) is 27.0 Å². The van der Waals surface area contributed by atoms with Crippen LogP contribution >= 0.6 is 11.6 Å². The van der Waals surface area contributed by atoms with Gasteiger partial charge in [-0.2, -0.15) is 0 Å². The fourth-order valence-corrected chi connectivity index (χ4v) is 2.66. The molecule has 7 heteroatoms. The van der Waals surface area contributed by atoms with Gasteiger partial charge in [0.25, 0.3) is 5.91 Å². The minimum atomic E-state index is -0.156. The SMILES string of the molecule is Cn1c(CCCNC(=O)c2ccc(Cl)nc2)nc2cc(N)ccc21. The molecule has 0 aliphatic heterocycles. The van der Waals surface area contributed by atoms with Crippen molar-refractivity contribution in [1.29, 1.82) is 0 Å². The van der Waals surface area contributed by atoms with Crippen LogP contribution in [-0.2, 0) is 13.5 Å². The highest BCUT2D eigenvalue weighted by Gasteiger charge is 2.09. The molecule has 3 N–H and O–H groups in total. The lowest BCUT2D eigenvalue weighted by molar-refractivity contribution is 0.0953. The van der Waals surface area contributed by atoms with E-state index in [0.717, 1.165) is 29.7 Å². The topological polar surface area (TPSA) is 85.8 Å². The van der Waals surface area contributed by atoms with E-state index >= 15 is 0 Å². The van der Waals surface area contributed by atoms with Crippen molar-refractivity contribution in [2.24, 2.45) is 7.05 Å². The monoisotopic (exact) mass is 343 g/mol. The zero-order chi connectivity index (χ0) is 17.1. The maximum absolute atomic E-state index is 12.0. The van der Waals surface area contributed by atoms with Gasteiger partial charge in [0.15, 0.2) is 0 Å². The van der Waals surface area contributed by atoms with Gasteiger partial charge in [-0.15, -0.1) is 0 Å². The number of anilines is 1. The molecule has 0 aliphatic carbocycles. The minimum absolute atomic E-state index is 0.156. The molecule has 0 fully saturated rings. The molecule has 6 nitrogen and oxygen atoms in total. The first-order valence-electron chi connectivity index (χ1n) is 7.65. The molecule has 2 heterocycles. The third-order valence-electron chi connectivity index (χ3n) is 3.85. The average Bonchev–Trinajstić information content (AvgIpc) is 2.87. The van der Waals surface area contributed by atoms with Crippen LogP contribution in [0.25, 0.3) is 11.0 Å². The van der Waals surface area contributed by atoms with Crippen molar-refractivity contribution in [3.63, 3.8) is 0 Å². The molecule has 0 saturated carbocycles. The number of hydrogen-bond donors (Lipinski definition) is 2. The summed E-state index contributed by atoms with van der Waals surface area (Å²) in [6.45, 7) is 0.562. The Balaban J connectivity index is 1.56. The largest absolute Gasteiger partial charge is 0.399 e. The average molecular weight is 344 g/mol. The summed E-state index contributed by atoms with van der Waals surface area (Å²) in [7, 11) is 1.98. The molecule has 2 aromatic heterocycles. The predicted octanol–water partition coefficient (Wildman–Crippen LogP) is 2.57. The number of nitrogen functional groups attached to an aromatic ring is 1. The lowest BCUT2D eigenvalue weighted by atomic mass is 10.2. The van der Waals surface area contributed by atoms with E-state index in [1.54, 1.807) is 12.1 Å². The summed E-state index contributed by atoms with van der Waals surface area (Å²) in [5.74, 6) is 0.815. The van der Waals surface area contributed by atoms with Crippen LogP contribution < -0.4 is 11.1 Å². The van der Waals surface area contributed by atoms with Crippen LogP contribution in [0.4, 0.5) is 5.69 Å². The lowest BCUT2D eigenvalue weighted by Crippen LogP contribution is -2.25. The highest BCUT2D eigenvalue weighted by molar-refractivity contribution is 6.29. The number of carbonyl (C=O) groups is 1. The van der Waals surface area contributed by atoms with Gasteiger partial charge >= 0.3 is 0 Å². The molecule has 1 amide bonds. The van der Waals surface area contributed by atoms with Crippen molar-refractivity contribution in [3.05, 3.63) is 53.1 Å². The van der Waals surface area contributed by atoms with Gasteiger partial charge < -0.3 is 15.6 Å². The quantitative estimate of drug-likeness (QED) is 0.423. The smallest absolute Gasteiger partial charge is 0.252 e. The van der Waals surface area contributed by atoms with E-state index in [1.165, 1.54) is 6.20 Å². The number of pyridine rings is 1. The molecule has 0 atom stereocenters. The third kappa shape index (κ3) is 3.49. The maximum Gasteiger partial charge on any atom is 0.252 e. The number of rotatable bonds is 5. The zero-order valence-corrected chi connectivity index (χ0v) is 14.0. The zero-order valence-electron chi connectivity index (χ0n) is 13.3. The number of imidazole rings is 1. The van der Waals surface area contributed by atoms with Crippen molar-refractivity contribution in [2.75, 3.05) is 12.3 Å². The first-order chi connectivity index (χ1) is 11.5. The molecular formula is C17H18ClN5O. The van der Waals surface area contributed by atoms with Gasteiger partial charge in [0.1, 0.15) is 11.0 Å². The van der Waals surface area contributed by atoms with Crippen molar-refractivity contribution in [2.45, 2.75) is 12.8 Å². The second kappa shape index (κ2) is 6.88. The highest BCUT2D eigenvalue weighted by atomic mass is 35.5. The number of amides is 1. The fourth-order valence-electron chi connectivity index (χ4n) is 2.55. The molecule has 0 unspecified atom stereocenters. The summed E-state index contributed by atoms with van der Waals surface area (Å²) in [6, 6.07) is 8.96. The van der Waals surface area contributed by atoms with Crippen LogP contribution in [0.3, 0.4) is 0 Å². The van der Waals surface area contributed by atoms with Crippen LogP contribution in [0.5, 0.6) is 0 Å². The number of nitrogens with two attached hydrogens (primary N) is 1. The molecule has 3 rings (SSSR count). The second-order valence-electron chi connectivity index (χ2n) is 5.56. The fraction of sp³-hybridized carbons (Fsp3) is 0.235. The van der Waals surface area contributed by atoms with E-state index in [2.05, 4.69) is 19.9 Å². The molecule has 1 aromatic carbocycles. The minimum Gasteiger partial charge on any atom is -0.399 e. The normalized spacial score (nSPS) is 10.9. The number of nitrogens with zero attached hydrogens (tertiary/aromatic N) is 3. The maximum atomic E-state index is 12.0. The number of aryl methyl sites for hydroxylation is 2. The molecule has 24 heavy (non-hydrogen) atoms. The Morgan fingerprint density at radius 1 is 1.33 bits per heavy atom. The van der Waals surface area contributed by atoms with Gasteiger partial charge in [-0.1, -0.05) is 11.6 Å². The van der Waals surface area contributed by atoms with Crippen molar-refractivity contribution in [3.8, 4) is 0 Å². The van der Waals surface area contributed by atoms with Gasteiger partial charge in [0, 0.05) is 31.9 Å². The lowest BCUT2D eigenvalue weighted by Gasteiger charge is -2.05. The highest BCUT2D eigenvalue weighted by Crippen LogP contribution is 2.18. The second-order valence-corrected chi connectivity index (χ2v) is 5.95. The Morgan fingerprint density at radius 2 is 2.17 bits per heavy atom. The third-order valence-corrected chi connectivity index (χ3v) is 4.07. The molecule has 0 spiro atoms. The van der Waals surface area contributed by atoms with E-state index in [1.807, 2.05) is 25.2 Å². The molecule has 3 aromatic rings. The number of nitrogens with one attached hydrogen (secondary N) is 1. The summed E-state index contributed by atoms with van der Waals surface area (Å²) < 4.78 is 2.06. The summed E-state index contributed by atoms with van der Waals surface area (Å²) in [6.07, 6.45) is 3.02. The van der Waals surface area contributed by atoms with Crippen LogP contribution in [0.1, 0.15) is 22.6 Å². The number of carbonyl (C=O) groups excluding carboxylic acids is 1. The number of benzene rings is 1. The first-order valence-corrected chi connectivity index (χ1v) is 8.03. The van der Waals surface area contributed by atoms with E-state index in [-0.39, 0.29) is 5.91 Å².